The first kappa shape index (κ1) is 12.6. The van der Waals surface area contributed by atoms with Crippen LogP contribution in [-0.4, -0.2) is 7.05 Å². The molecule has 0 amide bonds. The first-order valence-electron chi connectivity index (χ1n) is 5.58. The van der Waals surface area contributed by atoms with E-state index >= 15 is 0 Å². The quantitative estimate of drug-likeness (QED) is 0.835. The number of thiophene rings is 1. The Morgan fingerprint density at radius 1 is 1.39 bits per heavy atom. The van der Waals surface area contributed by atoms with Gasteiger partial charge in [-0.1, -0.05) is 6.07 Å². The minimum absolute atomic E-state index is 0.151. The van der Waals surface area contributed by atoms with Crippen molar-refractivity contribution in [3.63, 3.8) is 0 Å². The van der Waals surface area contributed by atoms with Crippen LogP contribution in [0.15, 0.2) is 35.7 Å². The van der Waals surface area contributed by atoms with Gasteiger partial charge < -0.3 is 4.90 Å². The molecule has 0 bridgehead atoms. The Kier molecular flexibility index (Phi) is 3.63. The lowest BCUT2D eigenvalue weighted by molar-refractivity contribution is 0.625. The monoisotopic (exact) mass is 260 g/mol. The summed E-state index contributed by atoms with van der Waals surface area (Å²) < 4.78 is 13.4. The van der Waals surface area contributed by atoms with Gasteiger partial charge >= 0.3 is 0 Å². The van der Waals surface area contributed by atoms with Gasteiger partial charge in [-0.05, 0) is 36.6 Å². The van der Waals surface area contributed by atoms with Crippen molar-refractivity contribution in [3.05, 3.63) is 52.0 Å². The lowest BCUT2D eigenvalue weighted by Crippen LogP contribution is -2.21. The largest absolute Gasteiger partial charge is 0.367 e. The second-order valence-corrected chi connectivity index (χ2v) is 5.09. The Labute approximate surface area is 110 Å². The van der Waals surface area contributed by atoms with E-state index in [9.17, 15) is 4.39 Å². The molecular formula is C14H13FN2S. The molecule has 0 N–H and O–H groups in total. The van der Waals surface area contributed by atoms with Crippen molar-refractivity contribution >= 4 is 17.0 Å². The molecule has 1 heterocycles. The van der Waals surface area contributed by atoms with Crippen molar-refractivity contribution < 1.29 is 4.39 Å². The van der Waals surface area contributed by atoms with Gasteiger partial charge in [0.2, 0.25) is 0 Å². The minimum atomic E-state index is -0.380. The smallest absolute Gasteiger partial charge is 0.126 e. The van der Waals surface area contributed by atoms with E-state index in [-0.39, 0.29) is 11.9 Å². The highest BCUT2D eigenvalue weighted by molar-refractivity contribution is 7.10. The Balaban J connectivity index is 2.31. The zero-order valence-corrected chi connectivity index (χ0v) is 11.0. The molecule has 0 saturated carbocycles. The van der Waals surface area contributed by atoms with Crippen LogP contribution in [0, 0.1) is 17.1 Å². The molecule has 0 aliphatic heterocycles. The lowest BCUT2D eigenvalue weighted by Gasteiger charge is -2.26. The van der Waals surface area contributed by atoms with Crippen LogP contribution in [-0.2, 0) is 0 Å². The van der Waals surface area contributed by atoms with Gasteiger partial charge in [0.15, 0.2) is 0 Å². The molecule has 92 valence electrons. The molecule has 0 radical (unpaired) electrons. The predicted molar refractivity (Wildman–Crippen MR) is 72.3 cm³/mol. The maximum atomic E-state index is 13.4. The first-order valence-corrected chi connectivity index (χ1v) is 6.46. The third-order valence-electron chi connectivity index (χ3n) is 2.95. The van der Waals surface area contributed by atoms with E-state index in [0.29, 0.717) is 11.3 Å². The van der Waals surface area contributed by atoms with E-state index in [0.717, 1.165) is 0 Å². The molecule has 2 nitrogen and oxygen atoms in total. The Hall–Kier alpha value is -1.86. The summed E-state index contributed by atoms with van der Waals surface area (Å²) in [5, 5.41) is 10.9. The molecule has 2 aromatic rings. The number of anilines is 1. The van der Waals surface area contributed by atoms with Gasteiger partial charge in [0.1, 0.15) is 5.82 Å². The molecule has 1 aromatic heterocycles. The summed E-state index contributed by atoms with van der Waals surface area (Å²) in [6.45, 7) is 2.06. The number of rotatable bonds is 3. The van der Waals surface area contributed by atoms with Crippen LogP contribution in [0.25, 0.3) is 0 Å². The molecule has 18 heavy (non-hydrogen) atoms. The van der Waals surface area contributed by atoms with Gasteiger partial charge in [-0.2, -0.15) is 5.26 Å². The van der Waals surface area contributed by atoms with Crippen LogP contribution < -0.4 is 4.90 Å². The molecule has 1 unspecified atom stereocenters. The Morgan fingerprint density at radius 2 is 2.17 bits per heavy atom. The third-order valence-corrected chi connectivity index (χ3v) is 4.00. The molecule has 0 fully saturated rings. The Bertz CT molecular complexity index is 572. The van der Waals surface area contributed by atoms with Crippen molar-refractivity contribution in [2.24, 2.45) is 0 Å². The van der Waals surface area contributed by atoms with E-state index in [2.05, 4.69) is 13.0 Å². The average Bonchev–Trinajstić information content (AvgIpc) is 2.90. The molecule has 2 rings (SSSR count). The second-order valence-electron chi connectivity index (χ2n) is 4.11. The molecule has 4 heteroatoms. The van der Waals surface area contributed by atoms with Crippen LogP contribution >= 0.6 is 11.3 Å². The fourth-order valence-electron chi connectivity index (χ4n) is 1.79. The van der Waals surface area contributed by atoms with Gasteiger partial charge in [0.25, 0.3) is 0 Å². The van der Waals surface area contributed by atoms with Gasteiger partial charge in [-0.25, -0.2) is 4.39 Å². The van der Waals surface area contributed by atoms with Crippen LogP contribution in [0.4, 0.5) is 10.1 Å². The molecule has 0 aliphatic rings. The topological polar surface area (TPSA) is 27.0 Å². The zero-order valence-electron chi connectivity index (χ0n) is 10.2. The summed E-state index contributed by atoms with van der Waals surface area (Å²) in [7, 11) is 1.90. The molecule has 0 aliphatic carbocycles. The van der Waals surface area contributed by atoms with Crippen LogP contribution in [0.2, 0.25) is 0 Å². The summed E-state index contributed by atoms with van der Waals surface area (Å²) in [4.78, 5) is 3.18. The predicted octanol–water partition coefficient (Wildman–Crippen LogP) is 3.96. The van der Waals surface area contributed by atoms with E-state index in [1.54, 1.807) is 17.4 Å². The second kappa shape index (κ2) is 5.19. The highest BCUT2D eigenvalue weighted by Crippen LogP contribution is 2.29. The number of nitriles is 1. The minimum Gasteiger partial charge on any atom is -0.367 e. The van der Waals surface area contributed by atoms with Crippen molar-refractivity contribution in [3.8, 4) is 6.07 Å². The average molecular weight is 260 g/mol. The summed E-state index contributed by atoms with van der Waals surface area (Å²) in [6, 6.07) is 10.6. The van der Waals surface area contributed by atoms with Crippen molar-refractivity contribution in [1.29, 1.82) is 5.26 Å². The van der Waals surface area contributed by atoms with E-state index < -0.39 is 0 Å². The highest BCUT2D eigenvalue weighted by atomic mass is 32.1. The fourth-order valence-corrected chi connectivity index (χ4v) is 2.61. The molecule has 0 saturated heterocycles. The maximum Gasteiger partial charge on any atom is 0.126 e. The number of hydrogen-bond donors (Lipinski definition) is 0. The van der Waals surface area contributed by atoms with E-state index in [4.69, 9.17) is 5.26 Å². The Morgan fingerprint density at radius 3 is 2.78 bits per heavy atom. The summed E-state index contributed by atoms with van der Waals surface area (Å²) in [5.41, 5.74) is 1.06. The van der Waals surface area contributed by atoms with Gasteiger partial charge in [0.05, 0.1) is 17.7 Å². The van der Waals surface area contributed by atoms with Crippen molar-refractivity contribution in [1.82, 2.24) is 0 Å². The van der Waals surface area contributed by atoms with Crippen LogP contribution in [0.5, 0.6) is 0 Å². The maximum absolute atomic E-state index is 13.4. The molecule has 1 aromatic carbocycles. The van der Waals surface area contributed by atoms with Crippen LogP contribution in [0.1, 0.15) is 23.4 Å². The number of halogens is 1. The van der Waals surface area contributed by atoms with E-state index in [1.165, 1.54) is 17.0 Å². The SMILES string of the molecule is CC(c1cccs1)N(C)c1cc(F)cc(C#N)c1. The van der Waals surface area contributed by atoms with Gasteiger partial charge in [-0.3, -0.25) is 0 Å². The number of hydrogen-bond acceptors (Lipinski definition) is 3. The summed E-state index contributed by atoms with van der Waals surface area (Å²) >= 11 is 1.67. The van der Waals surface area contributed by atoms with Gasteiger partial charge in [-0.15, -0.1) is 11.3 Å². The summed E-state index contributed by atoms with van der Waals surface area (Å²) in [5.74, 6) is -0.380. The standard InChI is InChI=1S/C14H13FN2S/c1-10(14-4-3-5-18-14)17(2)13-7-11(9-16)6-12(15)8-13/h3-8,10H,1-2H3. The fraction of sp³-hybridized carbons (Fsp3) is 0.214. The zero-order chi connectivity index (χ0) is 13.1. The normalized spacial score (nSPS) is 11.9. The highest BCUT2D eigenvalue weighted by Gasteiger charge is 2.14. The van der Waals surface area contributed by atoms with Gasteiger partial charge in [0, 0.05) is 17.6 Å². The lowest BCUT2D eigenvalue weighted by atomic mass is 10.1. The molecule has 0 spiro atoms. The molecular weight excluding hydrogens is 247 g/mol. The number of benzene rings is 1. The van der Waals surface area contributed by atoms with Crippen molar-refractivity contribution in [2.45, 2.75) is 13.0 Å². The first-order chi connectivity index (χ1) is 8.61. The van der Waals surface area contributed by atoms with Crippen LogP contribution in [0.3, 0.4) is 0 Å². The molecule has 1 atom stereocenters. The third kappa shape index (κ3) is 2.52. The van der Waals surface area contributed by atoms with Crippen molar-refractivity contribution in [2.75, 3.05) is 11.9 Å². The van der Waals surface area contributed by atoms with E-state index in [1.807, 2.05) is 29.5 Å². The summed E-state index contributed by atoms with van der Waals surface area (Å²) in [6.07, 6.45) is 0. The number of nitrogens with zero attached hydrogens (tertiary/aromatic N) is 2.